The third-order valence-corrected chi connectivity index (χ3v) is 6.88. The van der Waals surface area contributed by atoms with Crippen molar-refractivity contribution in [2.45, 2.75) is 59.3 Å². The van der Waals surface area contributed by atoms with Gasteiger partial charge in [0.2, 0.25) is 11.8 Å². The summed E-state index contributed by atoms with van der Waals surface area (Å²) < 4.78 is 10.5. The molecular formula is C27H36N2O4. The Kier molecular flexibility index (Phi) is 7.35. The van der Waals surface area contributed by atoms with Crippen LogP contribution >= 0.6 is 0 Å². The summed E-state index contributed by atoms with van der Waals surface area (Å²) in [7, 11) is 3.25. The predicted molar refractivity (Wildman–Crippen MR) is 129 cm³/mol. The van der Waals surface area contributed by atoms with Gasteiger partial charge in [0.25, 0.3) is 0 Å². The summed E-state index contributed by atoms with van der Waals surface area (Å²) in [4.78, 5) is 31.6. The molecule has 0 saturated carbocycles. The lowest BCUT2D eigenvalue weighted by Gasteiger charge is -2.53. The normalized spacial score (nSPS) is 21.2. The maximum Gasteiger partial charge on any atom is 0.249 e. The molecule has 6 nitrogen and oxygen atoms in total. The Morgan fingerprint density at radius 1 is 0.818 bits per heavy atom. The van der Waals surface area contributed by atoms with E-state index in [0.29, 0.717) is 13.1 Å². The van der Waals surface area contributed by atoms with E-state index >= 15 is 0 Å². The Labute approximate surface area is 197 Å². The van der Waals surface area contributed by atoms with E-state index in [1.165, 1.54) is 0 Å². The van der Waals surface area contributed by atoms with Crippen LogP contribution in [-0.2, 0) is 22.7 Å². The fourth-order valence-electron chi connectivity index (χ4n) is 4.51. The van der Waals surface area contributed by atoms with Gasteiger partial charge in [-0.1, -0.05) is 52.0 Å². The molecule has 1 fully saturated rings. The summed E-state index contributed by atoms with van der Waals surface area (Å²) in [6.07, 6.45) is 0. The molecule has 2 amide bonds. The first-order valence-electron chi connectivity index (χ1n) is 11.5. The number of carbonyl (C=O) groups is 2. The minimum atomic E-state index is -0.950. The topological polar surface area (TPSA) is 59.1 Å². The van der Waals surface area contributed by atoms with Gasteiger partial charge in [0, 0.05) is 13.1 Å². The zero-order chi connectivity index (χ0) is 24.3. The van der Waals surface area contributed by atoms with Crippen LogP contribution in [0.3, 0.4) is 0 Å². The Bertz CT molecular complexity index is 969. The summed E-state index contributed by atoms with van der Waals surface area (Å²) in [6, 6.07) is 14.8. The molecule has 0 aromatic heterocycles. The van der Waals surface area contributed by atoms with E-state index in [1.807, 2.05) is 83.1 Å². The molecular weight excluding hydrogens is 416 g/mol. The average molecular weight is 453 g/mol. The summed E-state index contributed by atoms with van der Waals surface area (Å²) in [6.45, 7) is 10.7. The molecule has 3 rings (SSSR count). The van der Waals surface area contributed by atoms with Crippen LogP contribution in [0.15, 0.2) is 48.5 Å². The average Bonchev–Trinajstić information content (AvgIpc) is 2.80. The number of hydrogen-bond acceptors (Lipinski definition) is 4. The van der Waals surface area contributed by atoms with Gasteiger partial charge < -0.3 is 19.3 Å². The maximum atomic E-state index is 14.1. The van der Waals surface area contributed by atoms with Crippen LogP contribution in [0.4, 0.5) is 0 Å². The number of nitrogens with zero attached hydrogens (tertiary/aromatic N) is 2. The molecule has 0 radical (unpaired) electrons. The molecule has 1 saturated heterocycles. The standard InChI is InChI=1S/C27H36N2O4/c1-18(2)24-25(30)29(17-21-10-14-23(33-7)15-11-21)27(5,19(3)4)26(31)28(24)16-20-8-12-22(32-6)13-9-20/h8-15,18-19,24H,16-17H2,1-7H3/t24-,27+/m0/s1. The highest BCUT2D eigenvalue weighted by atomic mass is 16.5. The molecule has 0 bridgehead atoms. The number of rotatable bonds is 8. The lowest BCUT2D eigenvalue weighted by molar-refractivity contribution is -0.177. The molecule has 1 aliphatic rings. The number of ether oxygens (including phenoxy) is 2. The molecule has 6 heteroatoms. The van der Waals surface area contributed by atoms with Gasteiger partial charge in [-0.05, 0) is 54.2 Å². The summed E-state index contributed by atoms with van der Waals surface area (Å²) in [5, 5.41) is 0. The Hall–Kier alpha value is -3.02. The van der Waals surface area contributed by atoms with E-state index < -0.39 is 11.6 Å². The van der Waals surface area contributed by atoms with Crippen molar-refractivity contribution in [2.24, 2.45) is 11.8 Å². The SMILES string of the molecule is COc1ccc(CN2C(=O)[C@@](C)(C(C)C)N(Cc3ccc(OC)cc3)C(=O)[C@@H]2C(C)C)cc1. The summed E-state index contributed by atoms with van der Waals surface area (Å²) in [5.41, 5.74) is 0.988. The Balaban J connectivity index is 1.99. The van der Waals surface area contributed by atoms with E-state index in [4.69, 9.17) is 9.47 Å². The summed E-state index contributed by atoms with van der Waals surface area (Å²) in [5.74, 6) is 1.42. The third-order valence-electron chi connectivity index (χ3n) is 6.88. The fraction of sp³-hybridized carbons (Fsp3) is 0.481. The minimum absolute atomic E-state index is 0.00914. The van der Waals surface area contributed by atoms with Crippen LogP contribution in [0.25, 0.3) is 0 Å². The molecule has 1 aliphatic heterocycles. The van der Waals surface area contributed by atoms with Crippen LogP contribution in [0.1, 0.15) is 45.7 Å². The van der Waals surface area contributed by atoms with Gasteiger partial charge in [-0.15, -0.1) is 0 Å². The number of amides is 2. The lowest BCUT2D eigenvalue weighted by atomic mass is 9.79. The monoisotopic (exact) mass is 452 g/mol. The first-order valence-corrected chi connectivity index (χ1v) is 11.5. The molecule has 33 heavy (non-hydrogen) atoms. The van der Waals surface area contributed by atoms with Crippen molar-refractivity contribution in [2.75, 3.05) is 14.2 Å². The molecule has 178 valence electrons. The number of methoxy groups -OCH3 is 2. The van der Waals surface area contributed by atoms with E-state index in [1.54, 1.807) is 24.0 Å². The van der Waals surface area contributed by atoms with E-state index in [9.17, 15) is 9.59 Å². The van der Waals surface area contributed by atoms with Crippen molar-refractivity contribution in [1.82, 2.24) is 9.80 Å². The first kappa shape index (κ1) is 24.6. The van der Waals surface area contributed by atoms with Crippen LogP contribution in [0.5, 0.6) is 11.5 Å². The fourth-order valence-corrected chi connectivity index (χ4v) is 4.51. The van der Waals surface area contributed by atoms with Crippen molar-refractivity contribution in [1.29, 1.82) is 0 Å². The molecule has 0 aliphatic carbocycles. The number of hydrogen-bond donors (Lipinski definition) is 0. The van der Waals surface area contributed by atoms with E-state index in [0.717, 1.165) is 22.6 Å². The zero-order valence-electron chi connectivity index (χ0n) is 20.8. The van der Waals surface area contributed by atoms with Gasteiger partial charge in [-0.2, -0.15) is 0 Å². The predicted octanol–water partition coefficient (Wildman–Crippen LogP) is 4.51. The van der Waals surface area contributed by atoms with Crippen molar-refractivity contribution >= 4 is 11.8 Å². The largest absolute Gasteiger partial charge is 0.497 e. The Morgan fingerprint density at radius 3 is 1.67 bits per heavy atom. The highest BCUT2D eigenvalue weighted by Gasteiger charge is 2.55. The van der Waals surface area contributed by atoms with Gasteiger partial charge in [-0.25, -0.2) is 0 Å². The molecule has 0 spiro atoms. The minimum Gasteiger partial charge on any atom is -0.497 e. The number of benzene rings is 2. The second-order valence-electron chi connectivity index (χ2n) is 9.54. The van der Waals surface area contributed by atoms with Gasteiger partial charge in [-0.3, -0.25) is 9.59 Å². The Morgan fingerprint density at radius 2 is 1.27 bits per heavy atom. The van der Waals surface area contributed by atoms with Crippen molar-refractivity contribution in [3.8, 4) is 11.5 Å². The van der Waals surface area contributed by atoms with E-state index in [2.05, 4.69) is 0 Å². The molecule has 0 N–H and O–H groups in total. The van der Waals surface area contributed by atoms with Gasteiger partial charge in [0.1, 0.15) is 23.1 Å². The molecule has 0 unspecified atom stereocenters. The molecule has 2 aromatic carbocycles. The van der Waals surface area contributed by atoms with Gasteiger partial charge in [0.15, 0.2) is 0 Å². The van der Waals surface area contributed by atoms with Crippen LogP contribution in [-0.4, -0.2) is 47.4 Å². The lowest BCUT2D eigenvalue weighted by Crippen LogP contribution is -2.72. The van der Waals surface area contributed by atoms with Crippen molar-refractivity contribution in [3.63, 3.8) is 0 Å². The van der Waals surface area contributed by atoms with Gasteiger partial charge >= 0.3 is 0 Å². The van der Waals surface area contributed by atoms with E-state index in [-0.39, 0.29) is 23.7 Å². The van der Waals surface area contributed by atoms with Crippen molar-refractivity contribution < 1.29 is 19.1 Å². The zero-order valence-corrected chi connectivity index (χ0v) is 20.8. The smallest absolute Gasteiger partial charge is 0.249 e. The first-order chi connectivity index (χ1) is 15.6. The van der Waals surface area contributed by atoms with Gasteiger partial charge in [0.05, 0.1) is 14.2 Å². The second-order valence-corrected chi connectivity index (χ2v) is 9.54. The molecule has 2 aromatic rings. The number of piperazine rings is 1. The quantitative estimate of drug-likeness (QED) is 0.591. The van der Waals surface area contributed by atoms with Crippen molar-refractivity contribution in [3.05, 3.63) is 59.7 Å². The van der Waals surface area contributed by atoms with Crippen LogP contribution in [0.2, 0.25) is 0 Å². The van der Waals surface area contributed by atoms with Crippen LogP contribution in [0, 0.1) is 11.8 Å². The number of carbonyl (C=O) groups excluding carboxylic acids is 2. The summed E-state index contributed by atoms with van der Waals surface area (Å²) >= 11 is 0. The highest BCUT2D eigenvalue weighted by Crippen LogP contribution is 2.37. The maximum absolute atomic E-state index is 14.1. The molecule has 2 atom stereocenters. The van der Waals surface area contributed by atoms with Crippen LogP contribution < -0.4 is 9.47 Å². The highest BCUT2D eigenvalue weighted by molar-refractivity contribution is 6.00. The second kappa shape index (κ2) is 9.86. The molecule has 1 heterocycles. The third kappa shape index (κ3) is 4.70.